The minimum absolute atomic E-state index is 0. The third-order valence-corrected chi connectivity index (χ3v) is 1.47. The average Bonchev–Trinajstić information content (AvgIpc) is 1.69. The van der Waals surface area contributed by atoms with Crippen molar-refractivity contribution in [1.82, 2.24) is 0 Å². The minimum Gasteiger partial charge on any atom is -0.147 e. The van der Waals surface area contributed by atoms with Gasteiger partial charge in [-0.05, 0) is 12.6 Å². The zero-order valence-electron chi connectivity index (χ0n) is 5.52. The summed E-state index contributed by atoms with van der Waals surface area (Å²) in [5, 5.41) is 0. The summed E-state index contributed by atoms with van der Waals surface area (Å²) < 4.78 is 0. The van der Waals surface area contributed by atoms with E-state index in [0.29, 0.717) is 0 Å². The molecule has 0 spiro atoms. The fraction of sp³-hybridized carbons (Fsp3) is 1.00. The predicted octanol–water partition coefficient (Wildman–Crippen LogP) is 2.86. The molecule has 2 heteroatoms. The molecular weight excluding hydrogens is 138 g/mol. The van der Waals surface area contributed by atoms with Gasteiger partial charge in [0, 0.05) is 0 Å². The molecular formula is C6H16ClP. The first-order valence-corrected chi connectivity index (χ1v) is 3.93. The molecule has 0 aromatic heterocycles. The summed E-state index contributed by atoms with van der Waals surface area (Å²) >= 11 is 0. The lowest BCUT2D eigenvalue weighted by molar-refractivity contribution is 0.706. The molecule has 0 radical (unpaired) electrons. The third-order valence-electron chi connectivity index (χ3n) is 1.06. The lowest BCUT2D eigenvalue weighted by Gasteiger charge is -1.90. The van der Waals surface area contributed by atoms with Gasteiger partial charge in [-0.2, -0.15) is 0 Å². The molecule has 0 aliphatic rings. The van der Waals surface area contributed by atoms with Crippen molar-refractivity contribution in [3.05, 3.63) is 0 Å². The standard InChI is InChI=1S/C6H15P.ClH/c1-2-3-4-5-6-7;/h2-7H2,1H3;1H. The van der Waals surface area contributed by atoms with Crippen LogP contribution in [0.25, 0.3) is 0 Å². The van der Waals surface area contributed by atoms with Gasteiger partial charge in [0.15, 0.2) is 0 Å². The Labute approximate surface area is 61.0 Å². The zero-order valence-corrected chi connectivity index (χ0v) is 7.49. The molecule has 8 heavy (non-hydrogen) atoms. The molecule has 0 amide bonds. The molecule has 1 atom stereocenters. The van der Waals surface area contributed by atoms with E-state index in [1.165, 1.54) is 31.8 Å². The Morgan fingerprint density at radius 1 is 1.12 bits per heavy atom. The summed E-state index contributed by atoms with van der Waals surface area (Å²) in [5.41, 5.74) is 0. The predicted molar refractivity (Wildman–Crippen MR) is 46.0 cm³/mol. The Morgan fingerprint density at radius 3 is 2.12 bits per heavy atom. The third kappa shape index (κ3) is 9.87. The summed E-state index contributed by atoms with van der Waals surface area (Å²) in [6.07, 6.45) is 6.84. The highest BCUT2D eigenvalue weighted by molar-refractivity contribution is 7.16. The van der Waals surface area contributed by atoms with Crippen LogP contribution in [0, 0.1) is 0 Å². The molecule has 0 aromatic carbocycles. The van der Waals surface area contributed by atoms with Gasteiger partial charge in [0.1, 0.15) is 0 Å². The second kappa shape index (κ2) is 10.7. The van der Waals surface area contributed by atoms with Gasteiger partial charge >= 0.3 is 0 Å². The Bertz CT molecular complexity index is 27.7. The molecule has 0 aliphatic carbocycles. The van der Waals surface area contributed by atoms with Crippen molar-refractivity contribution in [3.8, 4) is 0 Å². The van der Waals surface area contributed by atoms with Crippen LogP contribution in [0.4, 0.5) is 0 Å². The zero-order chi connectivity index (χ0) is 5.54. The summed E-state index contributed by atoms with van der Waals surface area (Å²) in [7, 11) is 2.75. The summed E-state index contributed by atoms with van der Waals surface area (Å²) in [5.74, 6) is 0. The lowest BCUT2D eigenvalue weighted by atomic mass is 10.2. The molecule has 0 saturated carbocycles. The van der Waals surface area contributed by atoms with E-state index in [1.54, 1.807) is 0 Å². The molecule has 52 valence electrons. The molecule has 0 fully saturated rings. The van der Waals surface area contributed by atoms with Crippen molar-refractivity contribution in [1.29, 1.82) is 0 Å². The van der Waals surface area contributed by atoms with Crippen LogP contribution >= 0.6 is 21.6 Å². The highest BCUT2D eigenvalue weighted by Gasteiger charge is 1.80. The van der Waals surface area contributed by atoms with Crippen molar-refractivity contribution in [2.75, 3.05) is 6.16 Å². The molecule has 0 N–H and O–H groups in total. The summed E-state index contributed by atoms with van der Waals surface area (Å²) in [6.45, 7) is 2.24. The molecule has 0 nitrogen and oxygen atoms in total. The molecule has 0 aromatic rings. The Hall–Kier alpha value is 0.720. The number of hydrogen-bond acceptors (Lipinski definition) is 0. The van der Waals surface area contributed by atoms with E-state index in [2.05, 4.69) is 16.2 Å². The highest BCUT2D eigenvalue weighted by atomic mass is 35.5. The van der Waals surface area contributed by atoms with E-state index in [4.69, 9.17) is 0 Å². The molecule has 0 heterocycles. The van der Waals surface area contributed by atoms with E-state index < -0.39 is 0 Å². The first-order chi connectivity index (χ1) is 3.41. The maximum atomic E-state index is 2.75. The number of unbranched alkanes of at least 4 members (excludes halogenated alkanes) is 3. The van der Waals surface area contributed by atoms with Crippen LogP contribution in [0.5, 0.6) is 0 Å². The smallest absolute Gasteiger partial charge is 0.0381 e. The second-order valence-electron chi connectivity index (χ2n) is 1.85. The van der Waals surface area contributed by atoms with Gasteiger partial charge in [-0.25, -0.2) is 0 Å². The van der Waals surface area contributed by atoms with Crippen LogP contribution < -0.4 is 0 Å². The molecule has 0 bridgehead atoms. The van der Waals surface area contributed by atoms with Gasteiger partial charge in [-0.1, -0.05) is 26.2 Å². The Morgan fingerprint density at radius 2 is 1.75 bits per heavy atom. The normalized spacial score (nSPS) is 8.25. The van der Waals surface area contributed by atoms with E-state index in [0.717, 1.165) is 0 Å². The second-order valence-corrected chi connectivity index (χ2v) is 2.43. The van der Waals surface area contributed by atoms with Crippen molar-refractivity contribution in [2.24, 2.45) is 0 Å². The van der Waals surface area contributed by atoms with Crippen LogP contribution in [0.2, 0.25) is 0 Å². The first kappa shape index (κ1) is 11.5. The summed E-state index contributed by atoms with van der Waals surface area (Å²) in [6, 6.07) is 0. The quantitative estimate of drug-likeness (QED) is 0.432. The van der Waals surface area contributed by atoms with E-state index in [-0.39, 0.29) is 12.4 Å². The van der Waals surface area contributed by atoms with E-state index in [9.17, 15) is 0 Å². The van der Waals surface area contributed by atoms with Crippen LogP contribution in [-0.4, -0.2) is 6.16 Å². The first-order valence-electron chi connectivity index (χ1n) is 3.12. The topological polar surface area (TPSA) is 0 Å². The fourth-order valence-corrected chi connectivity index (χ4v) is 0.860. The molecule has 1 unspecified atom stereocenters. The van der Waals surface area contributed by atoms with Gasteiger partial charge in [-0.3, -0.25) is 0 Å². The van der Waals surface area contributed by atoms with Crippen molar-refractivity contribution >= 4 is 21.6 Å². The van der Waals surface area contributed by atoms with Crippen molar-refractivity contribution in [2.45, 2.75) is 32.6 Å². The highest BCUT2D eigenvalue weighted by Crippen LogP contribution is 2.00. The lowest BCUT2D eigenvalue weighted by Crippen LogP contribution is -1.73. The van der Waals surface area contributed by atoms with Crippen LogP contribution in [0.3, 0.4) is 0 Å². The van der Waals surface area contributed by atoms with E-state index in [1.807, 2.05) is 0 Å². The SMILES string of the molecule is CCCCCCP.Cl. The molecule has 0 rings (SSSR count). The van der Waals surface area contributed by atoms with Gasteiger partial charge in [0.25, 0.3) is 0 Å². The molecule has 0 aliphatic heterocycles. The minimum atomic E-state index is 0. The van der Waals surface area contributed by atoms with Gasteiger partial charge < -0.3 is 0 Å². The average molecular weight is 155 g/mol. The van der Waals surface area contributed by atoms with Crippen molar-refractivity contribution < 1.29 is 0 Å². The largest absolute Gasteiger partial charge is 0.147 e. The number of halogens is 1. The maximum absolute atomic E-state index is 2.75. The Balaban J connectivity index is 0. The Kier molecular flexibility index (Phi) is 15.3. The summed E-state index contributed by atoms with van der Waals surface area (Å²) in [4.78, 5) is 0. The van der Waals surface area contributed by atoms with Crippen molar-refractivity contribution in [3.63, 3.8) is 0 Å². The molecule has 0 saturated heterocycles. The van der Waals surface area contributed by atoms with Crippen LogP contribution in [0.1, 0.15) is 32.6 Å². The van der Waals surface area contributed by atoms with Gasteiger partial charge in [-0.15, -0.1) is 21.6 Å². The number of rotatable bonds is 4. The monoisotopic (exact) mass is 154 g/mol. The number of hydrogen-bond donors (Lipinski definition) is 0. The van der Waals surface area contributed by atoms with Crippen LogP contribution in [0.15, 0.2) is 0 Å². The van der Waals surface area contributed by atoms with Gasteiger partial charge in [0.2, 0.25) is 0 Å². The maximum Gasteiger partial charge on any atom is -0.0381 e. The van der Waals surface area contributed by atoms with Crippen LogP contribution in [-0.2, 0) is 0 Å². The van der Waals surface area contributed by atoms with Gasteiger partial charge in [0.05, 0.1) is 0 Å². The van der Waals surface area contributed by atoms with E-state index >= 15 is 0 Å². The fourth-order valence-electron chi connectivity index (χ4n) is 0.571.